The highest BCUT2D eigenvalue weighted by Gasteiger charge is 2.17. The number of esters is 1. The minimum absolute atomic E-state index is 0.389. The number of rotatable bonds is 3. The lowest BCUT2D eigenvalue weighted by atomic mass is 10.1. The standard InChI is InChI=1S/C19H15ClO3/c1-12-9-15(20)7-8-17(12)23-19(21)16-10-13-5-3-4-6-14(13)11-18(16)22-2/h3-11H,1-2H3. The van der Waals surface area contributed by atoms with Gasteiger partial charge >= 0.3 is 5.97 Å². The fourth-order valence-electron chi connectivity index (χ4n) is 2.43. The number of hydrogen-bond acceptors (Lipinski definition) is 3. The summed E-state index contributed by atoms with van der Waals surface area (Å²) in [7, 11) is 1.54. The maximum Gasteiger partial charge on any atom is 0.347 e. The summed E-state index contributed by atoms with van der Waals surface area (Å²) < 4.78 is 10.8. The molecule has 23 heavy (non-hydrogen) atoms. The van der Waals surface area contributed by atoms with Gasteiger partial charge < -0.3 is 9.47 Å². The molecule has 0 aliphatic rings. The van der Waals surface area contributed by atoms with Crippen LogP contribution in [0.4, 0.5) is 0 Å². The molecule has 0 bridgehead atoms. The van der Waals surface area contributed by atoms with E-state index >= 15 is 0 Å². The summed E-state index contributed by atoms with van der Waals surface area (Å²) in [5, 5.41) is 2.56. The van der Waals surface area contributed by atoms with Gasteiger partial charge in [-0.2, -0.15) is 0 Å². The summed E-state index contributed by atoms with van der Waals surface area (Å²) >= 11 is 5.92. The molecule has 116 valence electrons. The second kappa shape index (κ2) is 6.31. The van der Waals surface area contributed by atoms with E-state index in [4.69, 9.17) is 21.1 Å². The van der Waals surface area contributed by atoms with Crippen molar-refractivity contribution in [2.75, 3.05) is 7.11 Å². The van der Waals surface area contributed by atoms with Crippen LogP contribution in [0, 0.1) is 6.92 Å². The van der Waals surface area contributed by atoms with E-state index in [-0.39, 0.29) is 0 Å². The van der Waals surface area contributed by atoms with Gasteiger partial charge in [0.1, 0.15) is 17.1 Å². The predicted octanol–water partition coefficient (Wildman–Crippen LogP) is 5.03. The maximum atomic E-state index is 12.5. The minimum atomic E-state index is -0.460. The van der Waals surface area contributed by atoms with Gasteiger partial charge in [-0.1, -0.05) is 35.9 Å². The minimum Gasteiger partial charge on any atom is -0.496 e. The highest BCUT2D eigenvalue weighted by molar-refractivity contribution is 6.30. The molecule has 0 aliphatic carbocycles. The van der Waals surface area contributed by atoms with Gasteiger partial charge in [0.2, 0.25) is 0 Å². The topological polar surface area (TPSA) is 35.5 Å². The molecule has 3 nitrogen and oxygen atoms in total. The number of ether oxygens (including phenoxy) is 2. The Bertz CT molecular complexity index is 887. The summed E-state index contributed by atoms with van der Waals surface area (Å²) in [5.41, 5.74) is 1.19. The van der Waals surface area contributed by atoms with Crippen molar-refractivity contribution in [3.8, 4) is 11.5 Å². The molecule has 0 aliphatic heterocycles. The number of fused-ring (bicyclic) bond motifs is 1. The monoisotopic (exact) mass is 326 g/mol. The van der Waals surface area contributed by atoms with Crippen LogP contribution in [0.15, 0.2) is 54.6 Å². The van der Waals surface area contributed by atoms with Crippen molar-refractivity contribution in [1.82, 2.24) is 0 Å². The van der Waals surface area contributed by atoms with Gasteiger partial charge in [-0.3, -0.25) is 0 Å². The number of aryl methyl sites for hydroxylation is 1. The Labute approximate surface area is 139 Å². The Kier molecular flexibility index (Phi) is 4.22. The van der Waals surface area contributed by atoms with E-state index in [9.17, 15) is 4.79 Å². The molecule has 0 aromatic heterocycles. The number of hydrogen-bond donors (Lipinski definition) is 0. The number of halogens is 1. The SMILES string of the molecule is COc1cc2ccccc2cc1C(=O)Oc1ccc(Cl)cc1C. The molecule has 3 aromatic rings. The van der Waals surface area contributed by atoms with Gasteiger partial charge in [-0.25, -0.2) is 4.79 Å². The van der Waals surface area contributed by atoms with E-state index in [1.807, 2.05) is 37.3 Å². The van der Waals surface area contributed by atoms with Crippen molar-refractivity contribution >= 4 is 28.3 Å². The Morgan fingerprint density at radius 1 is 0.957 bits per heavy atom. The number of methoxy groups -OCH3 is 1. The molecule has 0 N–H and O–H groups in total. The molecule has 3 rings (SSSR count). The van der Waals surface area contributed by atoms with Crippen LogP contribution >= 0.6 is 11.6 Å². The fraction of sp³-hybridized carbons (Fsp3) is 0.105. The van der Waals surface area contributed by atoms with Gasteiger partial charge in [-0.15, -0.1) is 0 Å². The molecule has 0 fully saturated rings. The van der Waals surface area contributed by atoms with Gasteiger partial charge in [0.05, 0.1) is 7.11 Å². The lowest BCUT2D eigenvalue weighted by molar-refractivity contribution is 0.0730. The highest BCUT2D eigenvalue weighted by Crippen LogP contribution is 2.28. The first-order chi connectivity index (χ1) is 11.1. The van der Waals surface area contributed by atoms with Crippen LogP contribution < -0.4 is 9.47 Å². The Morgan fingerprint density at radius 3 is 2.30 bits per heavy atom. The second-order valence-electron chi connectivity index (χ2n) is 5.20. The van der Waals surface area contributed by atoms with Crippen molar-refractivity contribution in [2.24, 2.45) is 0 Å². The zero-order chi connectivity index (χ0) is 16.4. The fourth-order valence-corrected chi connectivity index (χ4v) is 2.66. The molecule has 0 unspecified atom stereocenters. The van der Waals surface area contributed by atoms with Crippen LogP contribution in [0.3, 0.4) is 0 Å². The smallest absolute Gasteiger partial charge is 0.347 e. The van der Waals surface area contributed by atoms with Crippen molar-refractivity contribution < 1.29 is 14.3 Å². The quantitative estimate of drug-likeness (QED) is 0.500. The van der Waals surface area contributed by atoms with Gasteiger partial charge in [0.25, 0.3) is 0 Å². The zero-order valence-electron chi connectivity index (χ0n) is 12.8. The molecule has 0 spiro atoms. The number of carbonyl (C=O) groups is 1. The van der Waals surface area contributed by atoms with E-state index in [2.05, 4.69) is 0 Å². The lowest BCUT2D eigenvalue weighted by Gasteiger charge is -2.11. The largest absolute Gasteiger partial charge is 0.496 e. The van der Waals surface area contributed by atoms with Crippen LogP contribution in [0.25, 0.3) is 10.8 Å². The van der Waals surface area contributed by atoms with Gasteiger partial charge in [-0.05, 0) is 53.6 Å². The lowest BCUT2D eigenvalue weighted by Crippen LogP contribution is -2.11. The average molecular weight is 327 g/mol. The third kappa shape index (κ3) is 3.15. The van der Waals surface area contributed by atoms with E-state index < -0.39 is 5.97 Å². The first-order valence-corrected chi connectivity index (χ1v) is 7.51. The van der Waals surface area contributed by atoms with Crippen LogP contribution in [0.2, 0.25) is 5.02 Å². The summed E-state index contributed by atoms with van der Waals surface area (Å²) in [6.45, 7) is 1.84. The molecule has 3 aromatic carbocycles. The van der Waals surface area contributed by atoms with Gasteiger partial charge in [0.15, 0.2) is 0 Å². The molecule has 0 saturated heterocycles. The molecular formula is C19H15ClO3. The molecule has 4 heteroatoms. The van der Waals surface area contributed by atoms with Crippen LogP contribution in [0.1, 0.15) is 15.9 Å². The molecule has 0 heterocycles. The van der Waals surface area contributed by atoms with E-state index in [0.717, 1.165) is 16.3 Å². The van der Waals surface area contributed by atoms with Crippen molar-refractivity contribution in [3.05, 3.63) is 70.7 Å². The average Bonchev–Trinajstić information content (AvgIpc) is 2.56. The Balaban J connectivity index is 1.99. The van der Waals surface area contributed by atoms with E-state index in [1.54, 1.807) is 24.3 Å². The molecular weight excluding hydrogens is 312 g/mol. The molecule has 0 saturated carbocycles. The summed E-state index contributed by atoms with van der Waals surface area (Å²) in [4.78, 5) is 12.5. The van der Waals surface area contributed by atoms with E-state index in [0.29, 0.717) is 22.1 Å². The van der Waals surface area contributed by atoms with Gasteiger partial charge in [0, 0.05) is 5.02 Å². The third-order valence-electron chi connectivity index (χ3n) is 3.63. The summed E-state index contributed by atoms with van der Waals surface area (Å²) in [5.74, 6) is 0.507. The molecule has 0 amide bonds. The zero-order valence-corrected chi connectivity index (χ0v) is 13.6. The predicted molar refractivity (Wildman–Crippen MR) is 91.6 cm³/mol. The summed E-state index contributed by atoms with van der Waals surface area (Å²) in [6.07, 6.45) is 0. The Hall–Kier alpha value is -2.52. The second-order valence-corrected chi connectivity index (χ2v) is 5.64. The first kappa shape index (κ1) is 15.4. The number of benzene rings is 3. The normalized spacial score (nSPS) is 10.6. The van der Waals surface area contributed by atoms with Crippen molar-refractivity contribution in [2.45, 2.75) is 6.92 Å². The van der Waals surface area contributed by atoms with Crippen molar-refractivity contribution in [1.29, 1.82) is 0 Å². The van der Waals surface area contributed by atoms with Crippen molar-refractivity contribution in [3.63, 3.8) is 0 Å². The highest BCUT2D eigenvalue weighted by atomic mass is 35.5. The maximum absolute atomic E-state index is 12.5. The first-order valence-electron chi connectivity index (χ1n) is 7.13. The van der Waals surface area contributed by atoms with Crippen LogP contribution in [-0.4, -0.2) is 13.1 Å². The van der Waals surface area contributed by atoms with E-state index in [1.165, 1.54) is 7.11 Å². The Morgan fingerprint density at radius 2 is 1.65 bits per heavy atom. The molecule has 0 radical (unpaired) electrons. The third-order valence-corrected chi connectivity index (χ3v) is 3.86. The molecule has 0 atom stereocenters. The summed E-state index contributed by atoms with van der Waals surface area (Å²) in [6, 6.07) is 16.5. The van der Waals surface area contributed by atoms with Crippen LogP contribution in [0.5, 0.6) is 11.5 Å². The van der Waals surface area contributed by atoms with Crippen LogP contribution in [-0.2, 0) is 0 Å². The number of carbonyl (C=O) groups excluding carboxylic acids is 1.